The Hall–Kier alpha value is -18.6. The lowest BCUT2D eigenvalue weighted by Gasteiger charge is -2.28. The Morgan fingerprint density at radius 2 is 0.575 bits per heavy atom. The Labute approximate surface area is 842 Å². The molecule has 688 valence electrons. The van der Waals surface area contributed by atoms with Crippen molar-refractivity contribution in [3.63, 3.8) is 0 Å². The minimum Gasteiger partial charge on any atom is -0.456 e. The van der Waals surface area contributed by atoms with Crippen molar-refractivity contribution in [2.45, 2.75) is 50.9 Å². The van der Waals surface area contributed by atoms with Crippen molar-refractivity contribution in [1.82, 2.24) is 28.7 Å². The number of rotatable bonds is 10. The maximum absolute atomic E-state index is 6.78. The Bertz CT molecular complexity index is 10100. The zero-order valence-corrected chi connectivity index (χ0v) is 80.9. The monoisotopic (exact) mass is 1870 g/mol. The van der Waals surface area contributed by atoms with Crippen LogP contribution in [-0.2, 0) is 16.2 Å². The second kappa shape index (κ2) is 32.5. The number of pyridine rings is 3. The van der Waals surface area contributed by atoms with Crippen LogP contribution < -0.4 is 0 Å². The standard InChI is InChI=1S/C49H32N2O.2C44H30N2O/c1-49(34-19-9-4-10-20-34)40-26-25-37-36-22-12-14-24-45(36)52-48(37)47(40)39-30-44-38(29-41(39)49)35-21-11-13-23-43(35)51(44)46-28-33(31-15-5-2-6-16-31)27-42(50-46)32-17-7-3-8-18-32;1-44(2)34-21-22-41-43(31-18-10-12-20-40(31)47-41)42(34)33-26-39-32(25-35(33)44)30-17-9-11-19-38(30)46(39)29-23-36(27-13-5-3-6-14-27)45-37(24-29)28-15-7-4-8-16-28;1-44(2)35-25-34-30-17-9-11-19-37(30)46(41-24-29(27-13-5-3-6-14-27)23-36(45-41)28-15-7-4-8-16-28)38(34)26-33(35)31-21-22-40-42(43(31)44)32-18-10-12-20-39(32)47-40/h2-30H,1H3;2*3-26H,1-2H3. The molecule has 9 heterocycles. The average Bonchev–Trinajstić information content (AvgIpc) is 1.51. The van der Waals surface area contributed by atoms with Gasteiger partial charge in [0.2, 0.25) is 0 Å². The van der Waals surface area contributed by atoms with Gasteiger partial charge in [-0.05, 0) is 217 Å². The molecule has 3 aliphatic carbocycles. The topological polar surface area (TPSA) is 92.9 Å². The fourth-order valence-corrected chi connectivity index (χ4v) is 24.7. The number of fused-ring (bicyclic) bond motifs is 30. The first-order valence-electron chi connectivity index (χ1n) is 50.3. The molecule has 0 saturated heterocycles. The molecular weight excluding hydrogens is 1780 g/mol. The van der Waals surface area contributed by atoms with E-state index in [4.69, 9.17) is 28.2 Å². The zero-order chi connectivity index (χ0) is 96.9. The lowest BCUT2D eigenvalue weighted by atomic mass is 9.74. The van der Waals surface area contributed by atoms with Crippen LogP contribution in [0.4, 0.5) is 0 Å². The third-order valence-electron chi connectivity index (χ3n) is 31.6. The highest BCUT2D eigenvalue weighted by atomic mass is 16.3. The largest absolute Gasteiger partial charge is 0.456 e. The van der Waals surface area contributed by atoms with Gasteiger partial charge in [0.1, 0.15) is 45.1 Å². The van der Waals surface area contributed by atoms with E-state index < -0.39 is 0 Å². The number of nitrogens with zero attached hydrogens (tertiary/aromatic N) is 6. The maximum atomic E-state index is 6.78. The van der Waals surface area contributed by atoms with Gasteiger partial charge in [0.05, 0.1) is 61.6 Å². The van der Waals surface area contributed by atoms with Crippen LogP contribution in [0.1, 0.15) is 73.6 Å². The van der Waals surface area contributed by atoms with Gasteiger partial charge in [0, 0.05) is 109 Å². The minimum absolute atomic E-state index is 0.160. The molecule has 1 unspecified atom stereocenters. The molecular formula is C137H92N6O3. The van der Waals surface area contributed by atoms with E-state index in [2.05, 4.69) is 503 Å². The van der Waals surface area contributed by atoms with Crippen molar-refractivity contribution < 1.29 is 13.3 Å². The smallest absolute Gasteiger partial charge is 0.143 e. The molecule has 0 saturated carbocycles. The molecule has 0 bridgehead atoms. The van der Waals surface area contributed by atoms with E-state index in [1.54, 1.807) is 0 Å². The highest BCUT2D eigenvalue weighted by molar-refractivity contribution is 6.21. The molecule has 0 radical (unpaired) electrons. The van der Waals surface area contributed by atoms with Gasteiger partial charge in [0.25, 0.3) is 0 Å². The highest BCUT2D eigenvalue weighted by Crippen LogP contribution is 2.61. The lowest BCUT2D eigenvalue weighted by molar-refractivity contribution is 0.657. The van der Waals surface area contributed by atoms with Gasteiger partial charge < -0.3 is 17.8 Å². The van der Waals surface area contributed by atoms with Crippen LogP contribution in [0, 0.1) is 0 Å². The summed E-state index contributed by atoms with van der Waals surface area (Å²) in [5.74, 6) is 1.79. The third-order valence-corrected chi connectivity index (χ3v) is 31.6. The van der Waals surface area contributed by atoms with E-state index in [1.165, 1.54) is 137 Å². The first-order chi connectivity index (χ1) is 71.8. The molecule has 0 aliphatic heterocycles. The van der Waals surface area contributed by atoms with Crippen molar-refractivity contribution in [3.05, 3.63) is 506 Å². The van der Waals surface area contributed by atoms with Crippen LogP contribution in [-0.4, -0.2) is 28.7 Å². The SMILES string of the molecule is CC1(C)c2cc3c4ccccc4n(-c4cc(-c5ccccc5)cc(-c5ccccc5)n4)c3cc2-c2ccc3oc4ccccc4c3c21.CC1(C)c2cc3c4ccccc4n(-c4cc(-c5ccccc5)nc(-c5ccccc5)c4)c3cc2-c2c1ccc1oc3ccccc3c21.CC1(c2ccccc2)c2cc3c4ccccc4n(-c4cc(-c5ccccc5)cc(-c5ccccc5)n4)c3cc2-c2c1ccc1c2oc2ccccc21. The molecule has 31 rings (SSSR count). The molecule has 0 N–H and O–H groups in total. The maximum Gasteiger partial charge on any atom is 0.143 e. The molecule has 0 amide bonds. The van der Waals surface area contributed by atoms with Crippen LogP contribution >= 0.6 is 0 Å². The Balaban J connectivity index is 0.000000104. The number of para-hydroxylation sites is 6. The van der Waals surface area contributed by atoms with Gasteiger partial charge in [-0.25, -0.2) is 15.0 Å². The summed E-state index contributed by atoms with van der Waals surface area (Å²) in [7, 11) is 0. The average molecular weight is 1870 g/mol. The molecule has 1 atom stereocenters. The summed E-state index contributed by atoms with van der Waals surface area (Å²) in [5, 5.41) is 14.4. The lowest BCUT2D eigenvalue weighted by Crippen LogP contribution is -2.22. The number of hydrogen-bond donors (Lipinski definition) is 0. The number of aromatic nitrogens is 6. The summed E-state index contributed by atoms with van der Waals surface area (Å²) < 4.78 is 26.7. The van der Waals surface area contributed by atoms with E-state index >= 15 is 0 Å². The summed E-state index contributed by atoms with van der Waals surface area (Å²) in [6.45, 7) is 11.8. The van der Waals surface area contributed by atoms with E-state index in [1.807, 2.05) is 12.1 Å². The Morgan fingerprint density at radius 3 is 1.08 bits per heavy atom. The predicted molar refractivity (Wildman–Crippen MR) is 603 cm³/mol. The first-order valence-corrected chi connectivity index (χ1v) is 50.3. The summed E-state index contributed by atoms with van der Waals surface area (Å²) in [6, 6.07) is 167. The fourth-order valence-electron chi connectivity index (χ4n) is 24.7. The van der Waals surface area contributed by atoms with Crippen molar-refractivity contribution in [3.8, 4) is 118 Å². The number of benzene rings is 19. The van der Waals surface area contributed by atoms with Crippen LogP contribution in [0.25, 0.3) is 249 Å². The predicted octanol–water partition coefficient (Wildman–Crippen LogP) is 36.2. The van der Waals surface area contributed by atoms with Crippen molar-refractivity contribution in [2.24, 2.45) is 0 Å². The Kier molecular flexibility index (Phi) is 18.8. The van der Waals surface area contributed by atoms with Crippen LogP contribution in [0.5, 0.6) is 0 Å². The Morgan fingerprint density at radius 1 is 0.205 bits per heavy atom. The molecule has 0 spiro atoms. The van der Waals surface area contributed by atoms with E-state index in [0.717, 1.165) is 151 Å². The summed E-state index contributed by atoms with van der Waals surface area (Å²) in [6.07, 6.45) is 0. The molecule has 28 aromatic rings. The fraction of sp³-hybridized carbons (Fsp3) is 0.0584. The van der Waals surface area contributed by atoms with Crippen molar-refractivity contribution in [2.75, 3.05) is 0 Å². The summed E-state index contributed by atoms with van der Waals surface area (Å²) >= 11 is 0. The van der Waals surface area contributed by atoms with Crippen molar-refractivity contribution in [1.29, 1.82) is 0 Å². The first kappa shape index (κ1) is 84.3. The second-order valence-corrected chi connectivity index (χ2v) is 40.4. The summed E-state index contributed by atoms with van der Waals surface area (Å²) in [4.78, 5) is 16.0. The molecule has 146 heavy (non-hydrogen) atoms. The van der Waals surface area contributed by atoms with E-state index in [-0.39, 0.29) is 16.2 Å². The quantitative estimate of drug-likeness (QED) is 0.135. The minimum atomic E-state index is -0.386. The van der Waals surface area contributed by atoms with Crippen LogP contribution in [0.15, 0.2) is 480 Å². The highest BCUT2D eigenvalue weighted by Gasteiger charge is 2.45. The molecule has 9 heteroatoms. The molecule has 9 aromatic heterocycles. The molecule has 3 aliphatic rings. The van der Waals surface area contributed by atoms with E-state index in [9.17, 15) is 0 Å². The van der Waals surface area contributed by atoms with E-state index in [0.29, 0.717) is 0 Å². The van der Waals surface area contributed by atoms with Gasteiger partial charge in [-0.2, -0.15) is 0 Å². The van der Waals surface area contributed by atoms with Gasteiger partial charge in [-0.1, -0.05) is 373 Å². The molecule has 19 aromatic carbocycles. The van der Waals surface area contributed by atoms with Crippen LogP contribution in [0.2, 0.25) is 0 Å². The molecule has 9 nitrogen and oxygen atoms in total. The summed E-state index contributed by atoms with van der Waals surface area (Å²) in [5.41, 5.74) is 42.3. The second-order valence-electron chi connectivity index (χ2n) is 40.4. The van der Waals surface area contributed by atoms with Gasteiger partial charge in [-0.3, -0.25) is 9.13 Å². The van der Waals surface area contributed by atoms with Gasteiger partial charge >= 0.3 is 0 Å². The molecule has 0 fully saturated rings. The van der Waals surface area contributed by atoms with Crippen molar-refractivity contribution >= 4 is 131 Å². The number of hydrogen-bond acceptors (Lipinski definition) is 6. The normalized spacial score (nSPS) is 14.1. The van der Waals surface area contributed by atoms with Gasteiger partial charge in [-0.15, -0.1) is 0 Å². The third kappa shape index (κ3) is 12.9. The van der Waals surface area contributed by atoms with Crippen LogP contribution in [0.3, 0.4) is 0 Å². The zero-order valence-electron chi connectivity index (χ0n) is 80.9. The van der Waals surface area contributed by atoms with Gasteiger partial charge in [0.15, 0.2) is 0 Å². The number of furan rings is 3.